The summed E-state index contributed by atoms with van der Waals surface area (Å²) in [6.45, 7) is 3.13. The standard InChI is InChI=1S/C14H18ClN/c1-10-2-5-13(14(15)6-7-14)11(8-10)9-16-12-3-4-12/h2,5,8,12,16H,3-4,6-7,9H2,1H3. The Bertz CT molecular complexity index is 405. The van der Waals surface area contributed by atoms with Gasteiger partial charge in [0.2, 0.25) is 0 Å². The summed E-state index contributed by atoms with van der Waals surface area (Å²) < 4.78 is 0. The highest BCUT2D eigenvalue weighted by Crippen LogP contribution is 2.53. The molecule has 0 spiro atoms. The molecule has 1 N–H and O–H groups in total. The molecule has 0 amide bonds. The Kier molecular flexibility index (Phi) is 2.49. The van der Waals surface area contributed by atoms with Crippen molar-refractivity contribution >= 4 is 11.6 Å². The van der Waals surface area contributed by atoms with E-state index < -0.39 is 0 Å². The van der Waals surface area contributed by atoms with Crippen LogP contribution in [0.15, 0.2) is 18.2 Å². The molecule has 1 aromatic rings. The summed E-state index contributed by atoms with van der Waals surface area (Å²) in [4.78, 5) is -0.0335. The molecule has 2 saturated carbocycles. The molecule has 0 atom stereocenters. The van der Waals surface area contributed by atoms with Gasteiger partial charge in [-0.15, -0.1) is 11.6 Å². The summed E-state index contributed by atoms with van der Waals surface area (Å²) in [5, 5.41) is 3.58. The summed E-state index contributed by atoms with van der Waals surface area (Å²) in [7, 11) is 0. The van der Waals surface area contributed by atoms with E-state index in [2.05, 4.69) is 30.4 Å². The zero-order valence-electron chi connectivity index (χ0n) is 9.72. The van der Waals surface area contributed by atoms with E-state index in [-0.39, 0.29) is 4.87 Å². The summed E-state index contributed by atoms with van der Waals surface area (Å²) >= 11 is 6.53. The Hall–Kier alpha value is -0.530. The fourth-order valence-corrected chi connectivity index (χ4v) is 2.51. The minimum atomic E-state index is -0.0335. The quantitative estimate of drug-likeness (QED) is 0.788. The Labute approximate surface area is 102 Å². The van der Waals surface area contributed by atoms with Gasteiger partial charge in [-0.3, -0.25) is 0 Å². The summed E-state index contributed by atoms with van der Waals surface area (Å²) in [6, 6.07) is 7.45. The summed E-state index contributed by atoms with van der Waals surface area (Å²) in [6.07, 6.45) is 4.95. The molecular formula is C14H18ClN. The Morgan fingerprint density at radius 1 is 1.38 bits per heavy atom. The van der Waals surface area contributed by atoms with E-state index in [1.165, 1.54) is 29.5 Å². The molecule has 0 unspecified atom stereocenters. The topological polar surface area (TPSA) is 12.0 Å². The van der Waals surface area contributed by atoms with Crippen LogP contribution in [0.5, 0.6) is 0 Å². The molecular weight excluding hydrogens is 218 g/mol. The molecule has 2 aliphatic rings. The van der Waals surface area contributed by atoms with Gasteiger partial charge < -0.3 is 5.32 Å². The third-order valence-corrected chi connectivity index (χ3v) is 4.17. The van der Waals surface area contributed by atoms with Crippen LogP contribution in [0.25, 0.3) is 0 Å². The highest BCUT2D eigenvalue weighted by molar-refractivity contribution is 6.26. The highest BCUT2D eigenvalue weighted by Gasteiger charge is 2.43. The maximum Gasteiger partial charge on any atom is 0.0699 e. The van der Waals surface area contributed by atoms with E-state index in [9.17, 15) is 0 Å². The second-order valence-electron chi connectivity index (χ2n) is 5.28. The van der Waals surface area contributed by atoms with Crippen LogP contribution in [0.4, 0.5) is 0 Å². The summed E-state index contributed by atoms with van der Waals surface area (Å²) in [5.41, 5.74) is 4.09. The van der Waals surface area contributed by atoms with Crippen LogP contribution in [0.3, 0.4) is 0 Å². The van der Waals surface area contributed by atoms with Crippen molar-refractivity contribution in [2.75, 3.05) is 0 Å². The van der Waals surface area contributed by atoms with Crippen LogP contribution >= 0.6 is 11.6 Å². The average molecular weight is 236 g/mol. The molecule has 0 radical (unpaired) electrons. The van der Waals surface area contributed by atoms with Crippen LogP contribution in [-0.4, -0.2) is 6.04 Å². The molecule has 2 heteroatoms. The molecule has 2 aliphatic carbocycles. The maximum atomic E-state index is 6.53. The number of halogens is 1. The fourth-order valence-electron chi connectivity index (χ4n) is 2.23. The fraction of sp³-hybridized carbons (Fsp3) is 0.571. The number of rotatable bonds is 4. The van der Waals surface area contributed by atoms with E-state index in [1.807, 2.05) is 0 Å². The predicted octanol–water partition coefficient (Wildman–Crippen LogP) is 3.47. The van der Waals surface area contributed by atoms with Crippen molar-refractivity contribution in [3.8, 4) is 0 Å². The third kappa shape index (κ3) is 2.11. The lowest BCUT2D eigenvalue weighted by Crippen LogP contribution is -2.17. The van der Waals surface area contributed by atoms with Gasteiger partial charge in [0.25, 0.3) is 0 Å². The van der Waals surface area contributed by atoms with E-state index in [0.29, 0.717) is 0 Å². The first-order chi connectivity index (χ1) is 7.67. The van der Waals surface area contributed by atoms with Gasteiger partial charge >= 0.3 is 0 Å². The van der Waals surface area contributed by atoms with Crippen molar-refractivity contribution in [2.24, 2.45) is 0 Å². The van der Waals surface area contributed by atoms with Crippen LogP contribution in [0.1, 0.15) is 42.4 Å². The van der Waals surface area contributed by atoms with E-state index in [1.54, 1.807) is 0 Å². The van der Waals surface area contributed by atoms with Crippen LogP contribution in [0.2, 0.25) is 0 Å². The van der Waals surface area contributed by atoms with Crippen LogP contribution < -0.4 is 5.32 Å². The SMILES string of the molecule is Cc1ccc(C2(Cl)CC2)c(CNC2CC2)c1. The Morgan fingerprint density at radius 2 is 2.12 bits per heavy atom. The maximum absolute atomic E-state index is 6.53. The molecule has 0 bridgehead atoms. The molecule has 1 nitrogen and oxygen atoms in total. The number of nitrogens with one attached hydrogen (secondary N) is 1. The van der Waals surface area contributed by atoms with Crippen molar-refractivity contribution in [3.05, 3.63) is 34.9 Å². The van der Waals surface area contributed by atoms with Gasteiger partial charge in [0.1, 0.15) is 0 Å². The number of alkyl halides is 1. The number of benzene rings is 1. The van der Waals surface area contributed by atoms with E-state index in [4.69, 9.17) is 11.6 Å². The summed E-state index contributed by atoms with van der Waals surface area (Å²) in [5.74, 6) is 0. The highest BCUT2D eigenvalue weighted by atomic mass is 35.5. The second kappa shape index (κ2) is 3.75. The molecule has 86 valence electrons. The lowest BCUT2D eigenvalue weighted by atomic mass is 10.0. The molecule has 0 saturated heterocycles. The zero-order valence-corrected chi connectivity index (χ0v) is 10.5. The van der Waals surface area contributed by atoms with Crippen molar-refractivity contribution < 1.29 is 0 Å². The van der Waals surface area contributed by atoms with Crippen molar-refractivity contribution in [3.63, 3.8) is 0 Å². The minimum Gasteiger partial charge on any atom is -0.310 e. The molecule has 3 rings (SSSR count). The smallest absolute Gasteiger partial charge is 0.0699 e. The van der Waals surface area contributed by atoms with E-state index in [0.717, 1.165) is 25.4 Å². The second-order valence-corrected chi connectivity index (χ2v) is 6.00. The lowest BCUT2D eigenvalue weighted by Gasteiger charge is -2.15. The average Bonchev–Trinajstić information content (AvgIpc) is 3.12. The molecule has 0 aromatic heterocycles. The van der Waals surface area contributed by atoms with Gasteiger partial charge in [0.05, 0.1) is 4.87 Å². The first kappa shape index (κ1) is 10.6. The number of aryl methyl sites for hydroxylation is 1. The monoisotopic (exact) mass is 235 g/mol. The van der Waals surface area contributed by atoms with Gasteiger partial charge in [-0.2, -0.15) is 0 Å². The molecule has 0 heterocycles. The normalized spacial score (nSPS) is 22.1. The number of hydrogen-bond acceptors (Lipinski definition) is 1. The number of hydrogen-bond donors (Lipinski definition) is 1. The van der Waals surface area contributed by atoms with Gasteiger partial charge in [0.15, 0.2) is 0 Å². The first-order valence-electron chi connectivity index (χ1n) is 6.20. The molecule has 1 aromatic carbocycles. The predicted molar refractivity (Wildman–Crippen MR) is 67.8 cm³/mol. The minimum absolute atomic E-state index is 0.0335. The van der Waals surface area contributed by atoms with Crippen LogP contribution in [0, 0.1) is 6.92 Å². The van der Waals surface area contributed by atoms with E-state index >= 15 is 0 Å². The molecule has 0 aliphatic heterocycles. The van der Waals surface area contributed by atoms with Crippen LogP contribution in [-0.2, 0) is 11.4 Å². The van der Waals surface area contributed by atoms with Gasteiger partial charge in [0, 0.05) is 12.6 Å². The Morgan fingerprint density at radius 3 is 2.75 bits per heavy atom. The lowest BCUT2D eigenvalue weighted by molar-refractivity contribution is 0.680. The van der Waals surface area contributed by atoms with Crippen molar-refractivity contribution in [1.29, 1.82) is 0 Å². The molecule has 16 heavy (non-hydrogen) atoms. The first-order valence-corrected chi connectivity index (χ1v) is 6.57. The third-order valence-electron chi connectivity index (χ3n) is 3.59. The molecule has 2 fully saturated rings. The van der Waals surface area contributed by atoms with Gasteiger partial charge in [-0.05, 0) is 43.7 Å². The van der Waals surface area contributed by atoms with Gasteiger partial charge in [-0.1, -0.05) is 23.8 Å². The van der Waals surface area contributed by atoms with Crippen molar-refractivity contribution in [1.82, 2.24) is 5.32 Å². The van der Waals surface area contributed by atoms with Crippen molar-refractivity contribution in [2.45, 2.75) is 50.1 Å². The van der Waals surface area contributed by atoms with Gasteiger partial charge in [-0.25, -0.2) is 0 Å². The largest absolute Gasteiger partial charge is 0.310 e. The Balaban J connectivity index is 1.83. The zero-order chi connectivity index (χ0) is 11.2.